The molecule has 0 saturated carbocycles. The summed E-state index contributed by atoms with van der Waals surface area (Å²) >= 11 is 0. The van der Waals surface area contributed by atoms with E-state index in [0.29, 0.717) is 28.4 Å². The number of nitrogens with zero attached hydrogens (tertiary/aromatic N) is 3. The van der Waals surface area contributed by atoms with Crippen LogP contribution in [-0.4, -0.2) is 26.2 Å². The first-order chi connectivity index (χ1) is 10.5. The lowest BCUT2D eigenvalue weighted by Crippen LogP contribution is -2.14. The summed E-state index contributed by atoms with van der Waals surface area (Å²) in [6.07, 6.45) is 0. The zero-order valence-electron chi connectivity index (χ0n) is 11.8. The van der Waals surface area contributed by atoms with Gasteiger partial charge in [-0.05, 0) is 38.1 Å². The lowest BCUT2D eigenvalue weighted by atomic mass is 10.2. The fraction of sp³-hybridized carbons (Fsp3) is 0.143. The highest BCUT2D eigenvalue weighted by atomic mass is 19.1. The maximum Gasteiger partial charge on any atom is 0.263 e. The molecular formula is C14H12FN5O2. The highest BCUT2D eigenvalue weighted by Crippen LogP contribution is 2.18. The van der Waals surface area contributed by atoms with E-state index in [1.807, 2.05) is 0 Å². The number of hydrogen-bond donors (Lipinski definition) is 2. The highest BCUT2D eigenvalue weighted by Gasteiger charge is 2.19. The predicted octanol–water partition coefficient (Wildman–Crippen LogP) is 2.47. The summed E-state index contributed by atoms with van der Waals surface area (Å²) in [6, 6.07) is 5.77. The number of benzene rings is 1. The number of rotatable bonds is 3. The van der Waals surface area contributed by atoms with Crippen molar-refractivity contribution in [2.45, 2.75) is 13.8 Å². The maximum absolute atomic E-state index is 12.9. The minimum absolute atomic E-state index is 0.115. The normalized spacial score (nSPS) is 10.7. The summed E-state index contributed by atoms with van der Waals surface area (Å²) in [5.41, 5.74) is 1.50. The molecule has 22 heavy (non-hydrogen) atoms. The number of carbonyl (C=O) groups is 1. The van der Waals surface area contributed by atoms with Gasteiger partial charge < -0.3 is 4.52 Å². The lowest BCUT2D eigenvalue weighted by Gasteiger charge is -1.99. The predicted molar refractivity (Wildman–Crippen MR) is 75.7 cm³/mol. The van der Waals surface area contributed by atoms with Crippen LogP contribution < -0.4 is 5.32 Å². The standard InChI is InChI=1S/C14H12FN5O2/c1-7-11(8(2)22-20-7)13(21)17-14-16-12(18-19-14)9-3-5-10(15)6-4-9/h3-6H,1-2H3,(H2,16,17,18,19,21). The van der Waals surface area contributed by atoms with E-state index in [0.717, 1.165) is 0 Å². The van der Waals surface area contributed by atoms with Gasteiger partial charge in [0.2, 0.25) is 5.95 Å². The zero-order valence-corrected chi connectivity index (χ0v) is 11.8. The number of carbonyl (C=O) groups excluding carboxylic acids is 1. The summed E-state index contributed by atoms with van der Waals surface area (Å²) in [7, 11) is 0. The fourth-order valence-electron chi connectivity index (χ4n) is 2.03. The van der Waals surface area contributed by atoms with Crippen LogP contribution in [0.15, 0.2) is 28.8 Å². The molecule has 0 bridgehead atoms. The van der Waals surface area contributed by atoms with Crippen molar-refractivity contribution in [1.82, 2.24) is 20.3 Å². The number of H-pyrrole nitrogens is 1. The van der Waals surface area contributed by atoms with Gasteiger partial charge in [0.25, 0.3) is 5.91 Å². The molecule has 0 aliphatic heterocycles. The third kappa shape index (κ3) is 2.58. The summed E-state index contributed by atoms with van der Waals surface area (Å²) in [5, 5.41) is 12.9. The molecule has 7 nitrogen and oxygen atoms in total. The second-order valence-corrected chi connectivity index (χ2v) is 4.67. The first-order valence-corrected chi connectivity index (χ1v) is 6.47. The van der Waals surface area contributed by atoms with Crippen LogP contribution in [0.25, 0.3) is 11.4 Å². The number of halogens is 1. The minimum Gasteiger partial charge on any atom is -0.361 e. The van der Waals surface area contributed by atoms with Crippen molar-refractivity contribution >= 4 is 11.9 Å². The van der Waals surface area contributed by atoms with Gasteiger partial charge in [-0.2, -0.15) is 4.98 Å². The van der Waals surface area contributed by atoms with Gasteiger partial charge in [0.15, 0.2) is 5.82 Å². The molecule has 2 N–H and O–H groups in total. The average Bonchev–Trinajstić information content (AvgIpc) is 3.07. The SMILES string of the molecule is Cc1noc(C)c1C(=O)Nc1n[nH]c(-c2ccc(F)cc2)n1. The van der Waals surface area contributed by atoms with Gasteiger partial charge in [-0.15, -0.1) is 5.10 Å². The Hall–Kier alpha value is -3.03. The molecule has 0 fully saturated rings. The second-order valence-electron chi connectivity index (χ2n) is 4.67. The zero-order chi connectivity index (χ0) is 15.7. The number of nitrogens with one attached hydrogen (secondary N) is 2. The van der Waals surface area contributed by atoms with E-state index in [4.69, 9.17) is 4.52 Å². The Morgan fingerprint density at radius 1 is 1.27 bits per heavy atom. The third-order valence-electron chi connectivity index (χ3n) is 3.09. The van der Waals surface area contributed by atoms with Crippen LogP contribution in [0.4, 0.5) is 10.3 Å². The van der Waals surface area contributed by atoms with Crippen LogP contribution in [0.1, 0.15) is 21.8 Å². The summed E-state index contributed by atoms with van der Waals surface area (Å²) in [6.45, 7) is 3.32. The van der Waals surface area contributed by atoms with Gasteiger partial charge in [-0.3, -0.25) is 15.2 Å². The number of amides is 1. The van der Waals surface area contributed by atoms with Gasteiger partial charge in [-0.25, -0.2) is 4.39 Å². The average molecular weight is 301 g/mol. The highest BCUT2D eigenvalue weighted by molar-refractivity contribution is 6.04. The van der Waals surface area contributed by atoms with E-state index in [2.05, 4.69) is 25.7 Å². The first kappa shape index (κ1) is 13.9. The molecule has 0 aliphatic rings. The quantitative estimate of drug-likeness (QED) is 0.774. The monoisotopic (exact) mass is 301 g/mol. The van der Waals surface area contributed by atoms with E-state index in [-0.39, 0.29) is 11.8 Å². The Kier molecular flexibility index (Phi) is 3.42. The largest absolute Gasteiger partial charge is 0.361 e. The number of anilines is 1. The number of hydrogen-bond acceptors (Lipinski definition) is 5. The molecule has 0 atom stereocenters. The number of aryl methyl sites for hydroxylation is 2. The van der Waals surface area contributed by atoms with Crippen LogP contribution in [-0.2, 0) is 0 Å². The van der Waals surface area contributed by atoms with E-state index < -0.39 is 5.91 Å². The second kappa shape index (κ2) is 5.40. The van der Waals surface area contributed by atoms with Crippen LogP contribution in [0.3, 0.4) is 0 Å². The number of aromatic nitrogens is 4. The molecule has 0 radical (unpaired) electrons. The Balaban J connectivity index is 1.80. The smallest absolute Gasteiger partial charge is 0.263 e. The summed E-state index contributed by atoms with van der Waals surface area (Å²) in [5.74, 6) is 0.221. The molecule has 1 amide bonds. The topological polar surface area (TPSA) is 96.7 Å². The molecule has 1 aromatic carbocycles. The van der Waals surface area contributed by atoms with Crippen LogP contribution in [0, 0.1) is 19.7 Å². The van der Waals surface area contributed by atoms with Crippen molar-refractivity contribution in [3.05, 3.63) is 47.1 Å². The molecule has 2 heterocycles. The molecular weight excluding hydrogens is 289 g/mol. The van der Waals surface area contributed by atoms with E-state index in [1.165, 1.54) is 12.1 Å². The van der Waals surface area contributed by atoms with Crippen molar-refractivity contribution in [1.29, 1.82) is 0 Å². The van der Waals surface area contributed by atoms with Crippen molar-refractivity contribution in [2.75, 3.05) is 5.32 Å². The van der Waals surface area contributed by atoms with Crippen molar-refractivity contribution in [3.8, 4) is 11.4 Å². The Morgan fingerprint density at radius 3 is 2.64 bits per heavy atom. The maximum atomic E-state index is 12.9. The molecule has 8 heteroatoms. The Bertz CT molecular complexity index is 803. The fourth-order valence-corrected chi connectivity index (χ4v) is 2.03. The van der Waals surface area contributed by atoms with Crippen molar-refractivity contribution in [3.63, 3.8) is 0 Å². The Labute approximate surface area is 124 Å². The van der Waals surface area contributed by atoms with E-state index in [9.17, 15) is 9.18 Å². The number of aromatic amines is 1. The first-order valence-electron chi connectivity index (χ1n) is 6.47. The molecule has 0 saturated heterocycles. The summed E-state index contributed by atoms with van der Waals surface area (Å²) < 4.78 is 17.8. The molecule has 0 unspecified atom stereocenters. The van der Waals surface area contributed by atoms with Gasteiger partial charge in [0.1, 0.15) is 17.1 Å². The van der Waals surface area contributed by atoms with Gasteiger partial charge in [0, 0.05) is 5.56 Å². The van der Waals surface area contributed by atoms with Crippen LogP contribution in [0.2, 0.25) is 0 Å². The van der Waals surface area contributed by atoms with Gasteiger partial charge in [-0.1, -0.05) is 5.16 Å². The molecule has 3 rings (SSSR count). The molecule has 0 aliphatic carbocycles. The molecule has 112 valence electrons. The van der Waals surface area contributed by atoms with E-state index >= 15 is 0 Å². The van der Waals surface area contributed by atoms with Crippen LogP contribution >= 0.6 is 0 Å². The van der Waals surface area contributed by atoms with Crippen LogP contribution in [0.5, 0.6) is 0 Å². The Morgan fingerprint density at radius 2 is 2.00 bits per heavy atom. The minimum atomic E-state index is -0.402. The van der Waals surface area contributed by atoms with Gasteiger partial charge in [0.05, 0.1) is 5.69 Å². The molecule has 2 aromatic heterocycles. The molecule has 0 spiro atoms. The summed E-state index contributed by atoms with van der Waals surface area (Å²) in [4.78, 5) is 16.3. The third-order valence-corrected chi connectivity index (χ3v) is 3.09. The van der Waals surface area contributed by atoms with Crippen molar-refractivity contribution in [2.24, 2.45) is 0 Å². The molecule has 3 aromatic rings. The van der Waals surface area contributed by atoms with Gasteiger partial charge >= 0.3 is 0 Å². The van der Waals surface area contributed by atoms with E-state index in [1.54, 1.807) is 26.0 Å². The lowest BCUT2D eigenvalue weighted by molar-refractivity contribution is 0.102. The van der Waals surface area contributed by atoms with Crippen molar-refractivity contribution < 1.29 is 13.7 Å².